The number of morpholine rings is 1. The van der Waals surface area contributed by atoms with E-state index in [1.54, 1.807) is 35.2 Å². The molecule has 0 spiro atoms. The first-order valence-corrected chi connectivity index (χ1v) is 12.1. The fourth-order valence-electron chi connectivity index (χ4n) is 3.99. The molecule has 3 amide bonds. The minimum atomic E-state index is -0.577. The lowest BCUT2D eigenvalue weighted by atomic mass is 10.2. The van der Waals surface area contributed by atoms with E-state index in [4.69, 9.17) is 9.15 Å². The highest BCUT2D eigenvalue weighted by molar-refractivity contribution is 5.92. The molecule has 1 fully saturated rings. The van der Waals surface area contributed by atoms with Gasteiger partial charge in [0.1, 0.15) is 23.9 Å². The molecule has 0 aliphatic carbocycles. The Morgan fingerprint density at radius 3 is 2.38 bits per heavy atom. The van der Waals surface area contributed by atoms with Gasteiger partial charge in [0.05, 0.1) is 31.7 Å². The second-order valence-electron chi connectivity index (χ2n) is 8.74. The van der Waals surface area contributed by atoms with Crippen molar-refractivity contribution in [1.29, 1.82) is 0 Å². The first kappa shape index (κ1) is 26.3. The maximum Gasteiger partial charge on any atom is 0.322 e. The number of anilines is 1. The van der Waals surface area contributed by atoms with Gasteiger partial charge < -0.3 is 24.3 Å². The number of nitrogens with zero attached hydrogens (tertiary/aromatic N) is 3. The van der Waals surface area contributed by atoms with Gasteiger partial charge in [0, 0.05) is 32.7 Å². The summed E-state index contributed by atoms with van der Waals surface area (Å²) < 4.78 is 38.4. The Hall–Kier alpha value is -3.76. The molecule has 2 aromatic carbocycles. The number of halogens is 2. The van der Waals surface area contributed by atoms with Crippen molar-refractivity contribution in [1.82, 2.24) is 14.7 Å². The minimum Gasteiger partial charge on any atom is -0.467 e. The fraction of sp³-hybridized carbons (Fsp3) is 0.333. The number of benzene rings is 2. The highest BCUT2D eigenvalue weighted by Crippen LogP contribution is 2.15. The maximum absolute atomic E-state index is 14.2. The molecular formula is C27H30F2N4O4. The summed E-state index contributed by atoms with van der Waals surface area (Å²) in [5, 5.41) is 2.58. The van der Waals surface area contributed by atoms with Crippen LogP contribution in [-0.2, 0) is 22.6 Å². The Morgan fingerprint density at radius 2 is 1.68 bits per heavy atom. The van der Waals surface area contributed by atoms with E-state index in [0.717, 1.165) is 18.7 Å². The molecule has 10 heteroatoms. The van der Waals surface area contributed by atoms with Gasteiger partial charge in [-0.25, -0.2) is 13.6 Å². The molecule has 1 saturated heterocycles. The molecule has 1 N–H and O–H groups in total. The van der Waals surface area contributed by atoms with Crippen LogP contribution < -0.4 is 5.32 Å². The summed E-state index contributed by atoms with van der Waals surface area (Å²) in [6, 6.07) is 14.7. The second kappa shape index (κ2) is 13.0. The third-order valence-electron chi connectivity index (χ3n) is 6.08. The van der Waals surface area contributed by atoms with E-state index >= 15 is 0 Å². The van der Waals surface area contributed by atoms with Gasteiger partial charge in [-0.05, 0) is 42.0 Å². The van der Waals surface area contributed by atoms with Gasteiger partial charge >= 0.3 is 6.03 Å². The number of carbonyl (C=O) groups excluding carboxylic acids is 2. The number of nitrogens with one attached hydrogen (secondary N) is 1. The summed E-state index contributed by atoms with van der Waals surface area (Å²) >= 11 is 0. The highest BCUT2D eigenvalue weighted by atomic mass is 19.1. The summed E-state index contributed by atoms with van der Waals surface area (Å²) in [4.78, 5) is 31.8. The first-order chi connectivity index (χ1) is 18.0. The van der Waals surface area contributed by atoms with Crippen molar-refractivity contribution in [2.24, 2.45) is 0 Å². The Morgan fingerprint density at radius 1 is 0.919 bits per heavy atom. The van der Waals surface area contributed by atoms with Crippen molar-refractivity contribution in [2.75, 3.05) is 51.3 Å². The van der Waals surface area contributed by atoms with Crippen LogP contribution in [0.1, 0.15) is 11.3 Å². The Kier molecular flexibility index (Phi) is 9.23. The monoisotopic (exact) mass is 512 g/mol. The third-order valence-corrected chi connectivity index (χ3v) is 6.08. The molecule has 196 valence electrons. The fourth-order valence-corrected chi connectivity index (χ4v) is 3.99. The van der Waals surface area contributed by atoms with Crippen molar-refractivity contribution in [3.8, 4) is 0 Å². The van der Waals surface area contributed by atoms with E-state index < -0.39 is 11.8 Å². The van der Waals surface area contributed by atoms with Gasteiger partial charge in [0.15, 0.2) is 0 Å². The van der Waals surface area contributed by atoms with Crippen LogP contribution in [0.2, 0.25) is 0 Å². The van der Waals surface area contributed by atoms with Crippen molar-refractivity contribution in [2.45, 2.75) is 13.1 Å². The number of hydrogen-bond acceptors (Lipinski definition) is 5. The van der Waals surface area contributed by atoms with Crippen LogP contribution in [0, 0.1) is 11.6 Å². The standard InChI is InChI=1S/C27H30F2N4O4/c28-22-9-7-21(8-10-22)18-33(19-23-4-3-15-37-23)26(34)20-32(12-11-31-13-16-36-17-14-31)27(35)30-25-6-2-1-5-24(25)29/h1-10,15H,11-14,16-20H2,(H,30,35). The lowest BCUT2D eigenvalue weighted by Gasteiger charge is -2.31. The lowest BCUT2D eigenvalue weighted by Crippen LogP contribution is -2.48. The molecule has 0 unspecified atom stereocenters. The van der Waals surface area contributed by atoms with Crippen LogP contribution in [0.4, 0.5) is 19.3 Å². The number of carbonyl (C=O) groups is 2. The number of para-hydroxylation sites is 1. The molecule has 4 rings (SSSR count). The van der Waals surface area contributed by atoms with Crippen molar-refractivity contribution in [3.05, 3.63) is 89.9 Å². The molecule has 8 nitrogen and oxygen atoms in total. The predicted octanol–water partition coefficient (Wildman–Crippen LogP) is 3.95. The topological polar surface area (TPSA) is 78.3 Å². The van der Waals surface area contributed by atoms with E-state index in [9.17, 15) is 18.4 Å². The van der Waals surface area contributed by atoms with Crippen molar-refractivity contribution >= 4 is 17.6 Å². The summed E-state index contributed by atoms with van der Waals surface area (Å²) in [7, 11) is 0. The van der Waals surface area contributed by atoms with Crippen LogP contribution in [-0.4, -0.2) is 72.6 Å². The van der Waals surface area contributed by atoms with Crippen molar-refractivity contribution in [3.63, 3.8) is 0 Å². The summed E-state index contributed by atoms with van der Waals surface area (Å²) in [5.41, 5.74) is 0.770. The van der Waals surface area contributed by atoms with E-state index in [2.05, 4.69) is 10.2 Å². The minimum absolute atomic E-state index is 0.0371. The van der Waals surface area contributed by atoms with Gasteiger partial charge in [-0.1, -0.05) is 24.3 Å². The molecule has 1 aromatic heterocycles. The average Bonchev–Trinajstić information content (AvgIpc) is 3.42. The largest absolute Gasteiger partial charge is 0.467 e. The molecule has 1 aliphatic heterocycles. The summed E-state index contributed by atoms with van der Waals surface area (Å²) in [5.74, 6) is -0.685. The van der Waals surface area contributed by atoms with Crippen LogP contribution in [0.25, 0.3) is 0 Å². The second-order valence-corrected chi connectivity index (χ2v) is 8.74. The number of urea groups is 1. The first-order valence-electron chi connectivity index (χ1n) is 12.1. The molecule has 1 aliphatic rings. The smallest absolute Gasteiger partial charge is 0.322 e. The third kappa shape index (κ3) is 7.86. The number of hydrogen-bond donors (Lipinski definition) is 1. The average molecular weight is 513 g/mol. The van der Waals surface area contributed by atoms with Crippen LogP contribution in [0.5, 0.6) is 0 Å². The van der Waals surface area contributed by atoms with Gasteiger partial charge in [-0.2, -0.15) is 0 Å². The van der Waals surface area contributed by atoms with E-state index in [1.165, 1.54) is 41.5 Å². The number of rotatable bonds is 10. The molecule has 37 heavy (non-hydrogen) atoms. The Balaban J connectivity index is 1.49. The van der Waals surface area contributed by atoms with E-state index in [1.807, 2.05) is 0 Å². The predicted molar refractivity (Wildman–Crippen MR) is 134 cm³/mol. The summed E-state index contributed by atoms with van der Waals surface area (Å²) in [6.45, 7) is 3.62. The SMILES string of the molecule is O=C(CN(CCN1CCOCC1)C(=O)Nc1ccccc1F)N(Cc1ccc(F)cc1)Cc1ccco1. The zero-order chi connectivity index (χ0) is 26.0. The Bertz CT molecular complexity index is 1150. The van der Waals surface area contributed by atoms with E-state index in [-0.39, 0.29) is 43.6 Å². The lowest BCUT2D eigenvalue weighted by molar-refractivity contribution is -0.133. The molecule has 0 atom stereocenters. The molecule has 3 aromatic rings. The van der Waals surface area contributed by atoms with Gasteiger partial charge in [-0.3, -0.25) is 9.69 Å². The van der Waals surface area contributed by atoms with Gasteiger partial charge in [0.2, 0.25) is 5.91 Å². The van der Waals surface area contributed by atoms with Crippen LogP contribution in [0.3, 0.4) is 0 Å². The zero-order valence-corrected chi connectivity index (χ0v) is 20.4. The highest BCUT2D eigenvalue weighted by Gasteiger charge is 2.24. The quantitative estimate of drug-likeness (QED) is 0.445. The van der Waals surface area contributed by atoms with Gasteiger partial charge in [0.25, 0.3) is 0 Å². The number of furan rings is 1. The van der Waals surface area contributed by atoms with Crippen LogP contribution >= 0.6 is 0 Å². The zero-order valence-electron chi connectivity index (χ0n) is 20.4. The molecule has 0 bridgehead atoms. The molecule has 2 heterocycles. The normalized spacial score (nSPS) is 13.8. The van der Waals surface area contributed by atoms with Crippen LogP contribution in [0.15, 0.2) is 71.3 Å². The molecule has 0 saturated carbocycles. The molecular weight excluding hydrogens is 482 g/mol. The van der Waals surface area contributed by atoms with Gasteiger partial charge in [-0.15, -0.1) is 0 Å². The summed E-state index contributed by atoms with van der Waals surface area (Å²) in [6.07, 6.45) is 1.52. The molecule has 0 radical (unpaired) electrons. The maximum atomic E-state index is 14.2. The number of ether oxygens (including phenoxy) is 1. The Labute approximate surface area is 214 Å². The number of amides is 3. The van der Waals surface area contributed by atoms with Crippen molar-refractivity contribution < 1.29 is 27.5 Å². The van der Waals surface area contributed by atoms with E-state index in [0.29, 0.717) is 25.5 Å².